The molecule has 32 heavy (non-hydrogen) atoms. The van der Waals surface area contributed by atoms with Crippen LogP contribution in [-0.2, 0) is 19.3 Å². The molecule has 0 spiro atoms. The summed E-state index contributed by atoms with van der Waals surface area (Å²) in [5.74, 6) is -1.65. The molecule has 164 valence electrons. The minimum atomic E-state index is -4.91. The first-order valence-electron chi connectivity index (χ1n) is 9.28. The zero-order chi connectivity index (χ0) is 22.7. The third-order valence-corrected chi connectivity index (χ3v) is 4.51. The van der Waals surface area contributed by atoms with E-state index in [0.717, 1.165) is 29.8 Å². The zero-order valence-electron chi connectivity index (χ0n) is 16.3. The van der Waals surface area contributed by atoms with Gasteiger partial charge in [0.15, 0.2) is 11.4 Å². The first kappa shape index (κ1) is 21.2. The highest BCUT2D eigenvalue weighted by molar-refractivity contribution is 5.93. The minimum Gasteiger partial charge on any atom is -0.346 e. The van der Waals surface area contributed by atoms with Crippen LogP contribution in [0.15, 0.2) is 61.2 Å². The number of nitrogens with one attached hydrogen (secondary N) is 1. The summed E-state index contributed by atoms with van der Waals surface area (Å²) >= 11 is 0. The van der Waals surface area contributed by atoms with E-state index in [9.17, 15) is 22.4 Å². The Bertz CT molecular complexity index is 1200. The van der Waals surface area contributed by atoms with Gasteiger partial charge in [-0.25, -0.2) is 18.7 Å². The number of alkyl halides is 3. The van der Waals surface area contributed by atoms with Crippen molar-refractivity contribution in [1.82, 2.24) is 35.1 Å². The second-order valence-electron chi connectivity index (χ2n) is 6.76. The summed E-state index contributed by atoms with van der Waals surface area (Å²) in [5, 5.41) is 13.3. The molecule has 2 heterocycles. The lowest BCUT2D eigenvalue weighted by atomic mass is 10.1. The first-order valence-corrected chi connectivity index (χ1v) is 9.28. The van der Waals surface area contributed by atoms with Crippen molar-refractivity contribution in [2.45, 2.75) is 19.3 Å². The lowest BCUT2D eigenvalue weighted by Gasteiger charge is -2.11. The Labute approximate surface area is 178 Å². The summed E-state index contributed by atoms with van der Waals surface area (Å²) in [6, 6.07) is 11.3. The average molecular weight is 445 g/mol. The monoisotopic (exact) mass is 445 g/mol. The molecule has 1 amide bonds. The van der Waals surface area contributed by atoms with E-state index in [2.05, 4.69) is 25.7 Å². The van der Waals surface area contributed by atoms with Crippen LogP contribution in [0.2, 0.25) is 0 Å². The van der Waals surface area contributed by atoms with Crippen LogP contribution < -0.4 is 5.32 Å². The fourth-order valence-corrected chi connectivity index (χ4v) is 2.98. The molecule has 0 saturated carbocycles. The summed E-state index contributed by atoms with van der Waals surface area (Å²) in [7, 11) is 0. The molecule has 12 heteroatoms. The van der Waals surface area contributed by atoms with Crippen molar-refractivity contribution in [1.29, 1.82) is 0 Å². The van der Waals surface area contributed by atoms with Crippen LogP contribution in [0.3, 0.4) is 0 Å². The van der Waals surface area contributed by atoms with Gasteiger partial charge in [0, 0.05) is 6.54 Å². The van der Waals surface area contributed by atoms with Crippen molar-refractivity contribution < 1.29 is 22.4 Å². The molecule has 0 aliphatic heterocycles. The van der Waals surface area contributed by atoms with Gasteiger partial charge < -0.3 is 5.32 Å². The number of carbonyl (C=O) groups is 1. The highest BCUT2D eigenvalue weighted by Gasteiger charge is 2.42. The van der Waals surface area contributed by atoms with Crippen molar-refractivity contribution in [3.8, 4) is 5.69 Å². The molecule has 0 saturated heterocycles. The maximum absolute atomic E-state index is 13.7. The van der Waals surface area contributed by atoms with E-state index in [1.54, 1.807) is 23.1 Å². The molecule has 8 nitrogen and oxygen atoms in total. The Morgan fingerprint density at radius 1 is 1.00 bits per heavy atom. The van der Waals surface area contributed by atoms with Gasteiger partial charge in [-0.2, -0.15) is 18.3 Å². The number of halogens is 4. The summed E-state index contributed by atoms with van der Waals surface area (Å²) < 4.78 is 56.2. The molecule has 2 aromatic heterocycles. The summed E-state index contributed by atoms with van der Waals surface area (Å²) in [6.07, 6.45) is -1.91. The number of rotatable bonds is 6. The number of benzene rings is 2. The van der Waals surface area contributed by atoms with Crippen LogP contribution in [0, 0.1) is 5.82 Å². The molecule has 0 unspecified atom stereocenters. The van der Waals surface area contributed by atoms with Gasteiger partial charge in [0.1, 0.15) is 18.5 Å². The largest absolute Gasteiger partial charge is 0.435 e. The van der Waals surface area contributed by atoms with Gasteiger partial charge in [0.25, 0.3) is 5.91 Å². The van der Waals surface area contributed by atoms with Crippen LogP contribution in [0.1, 0.15) is 27.3 Å². The quantitative estimate of drug-likeness (QED) is 0.461. The third-order valence-electron chi connectivity index (χ3n) is 4.51. The Morgan fingerprint density at radius 2 is 1.69 bits per heavy atom. The second-order valence-corrected chi connectivity index (χ2v) is 6.76. The van der Waals surface area contributed by atoms with Gasteiger partial charge in [0.2, 0.25) is 0 Å². The van der Waals surface area contributed by atoms with Crippen molar-refractivity contribution in [2.24, 2.45) is 0 Å². The normalized spacial score (nSPS) is 11.5. The SMILES string of the molecule is O=C(NCc1ccc(Cn2cncn2)cc1)c1nnn(-c2ccc(F)cc2)c1C(F)(F)F. The smallest absolute Gasteiger partial charge is 0.346 e. The van der Waals surface area contributed by atoms with Crippen molar-refractivity contribution in [2.75, 3.05) is 0 Å². The number of carbonyl (C=O) groups excluding carboxylic acids is 1. The Hall–Kier alpha value is -4.09. The van der Waals surface area contributed by atoms with Gasteiger partial charge >= 0.3 is 6.18 Å². The molecule has 0 aliphatic rings. The third kappa shape index (κ3) is 4.63. The predicted octanol–water partition coefficient (Wildman–Crippen LogP) is 3.00. The van der Waals surface area contributed by atoms with Gasteiger partial charge in [-0.05, 0) is 35.4 Å². The number of amides is 1. The molecular formula is C20H15F4N7O. The Morgan fingerprint density at radius 3 is 2.31 bits per heavy atom. The van der Waals surface area contributed by atoms with Crippen LogP contribution in [-0.4, -0.2) is 35.7 Å². The molecule has 0 atom stereocenters. The fourth-order valence-electron chi connectivity index (χ4n) is 2.98. The fraction of sp³-hybridized carbons (Fsp3) is 0.150. The molecule has 0 radical (unpaired) electrons. The highest BCUT2D eigenvalue weighted by Crippen LogP contribution is 2.32. The Balaban J connectivity index is 1.49. The van der Waals surface area contributed by atoms with Crippen molar-refractivity contribution in [3.05, 3.63) is 89.5 Å². The molecule has 0 bridgehead atoms. The summed E-state index contributed by atoms with van der Waals surface area (Å²) in [5.41, 5.74) is -0.671. The average Bonchev–Trinajstić information content (AvgIpc) is 3.43. The summed E-state index contributed by atoms with van der Waals surface area (Å²) in [4.78, 5) is 16.3. The second kappa shape index (κ2) is 8.57. The lowest BCUT2D eigenvalue weighted by molar-refractivity contribution is -0.143. The van der Waals surface area contributed by atoms with Gasteiger partial charge in [-0.3, -0.25) is 4.79 Å². The molecule has 0 aliphatic carbocycles. The number of nitrogens with zero attached hydrogens (tertiary/aromatic N) is 6. The number of aromatic nitrogens is 6. The zero-order valence-corrected chi connectivity index (χ0v) is 16.3. The topological polar surface area (TPSA) is 90.5 Å². The maximum atomic E-state index is 13.7. The van der Waals surface area contributed by atoms with E-state index < -0.39 is 29.3 Å². The van der Waals surface area contributed by atoms with E-state index in [4.69, 9.17) is 0 Å². The van der Waals surface area contributed by atoms with E-state index >= 15 is 0 Å². The number of hydrogen-bond acceptors (Lipinski definition) is 5. The lowest BCUT2D eigenvalue weighted by Crippen LogP contribution is -2.27. The van der Waals surface area contributed by atoms with Crippen LogP contribution >= 0.6 is 0 Å². The van der Waals surface area contributed by atoms with Crippen LogP contribution in [0.25, 0.3) is 5.69 Å². The Kier molecular flexibility index (Phi) is 5.67. The minimum absolute atomic E-state index is 0.0108. The molecule has 4 aromatic rings. The molecular weight excluding hydrogens is 430 g/mol. The van der Waals surface area contributed by atoms with Gasteiger partial charge in [-0.1, -0.05) is 29.5 Å². The van der Waals surface area contributed by atoms with Crippen LogP contribution in [0.4, 0.5) is 17.6 Å². The molecule has 1 N–H and O–H groups in total. The molecule has 4 rings (SSSR count). The van der Waals surface area contributed by atoms with E-state index in [1.165, 1.54) is 6.33 Å². The number of hydrogen-bond donors (Lipinski definition) is 1. The van der Waals surface area contributed by atoms with Crippen molar-refractivity contribution >= 4 is 5.91 Å². The van der Waals surface area contributed by atoms with Gasteiger partial charge in [-0.15, -0.1) is 5.10 Å². The van der Waals surface area contributed by atoms with E-state index in [-0.39, 0.29) is 12.2 Å². The van der Waals surface area contributed by atoms with Crippen LogP contribution in [0.5, 0.6) is 0 Å². The predicted molar refractivity (Wildman–Crippen MR) is 103 cm³/mol. The highest BCUT2D eigenvalue weighted by atomic mass is 19.4. The molecule has 2 aromatic carbocycles. The van der Waals surface area contributed by atoms with Gasteiger partial charge in [0.05, 0.1) is 12.2 Å². The molecule has 0 fully saturated rings. The maximum Gasteiger partial charge on any atom is 0.435 e. The van der Waals surface area contributed by atoms with E-state index in [1.807, 2.05) is 12.1 Å². The first-order chi connectivity index (χ1) is 15.3. The standard InChI is InChI=1S/C20H15F4N7O/c21-15-5-7-16(8-6-15)31-18(20(22,23)24)17(28-29-31)19(32)26-9-13-1-3-14(4-2-13)10-30-12-25-11-27-30/h1-8,11-12H,9-10H2,(H,26,32). The summed E-state index contributed by atoms with van der Waals surface area (Å²) in [6.45, 7) is 0.497. The van der Waals surface area contributed by atoms with Crippen molar-refractivity contribution in [3.63, 3.8) is 0 Å². The van der Waals surface area contributed by atoms with E-state index in [0.29, 0.717) is 16.8 Å².